The van der Waals surface area contributed by atoms with Gasteiger partial charge in [-0.3, -0.25) is 4.79 Å². The molecule has 0 bridgehead atoms. The predicted molar refractivity (Wildman–Crippen MR) is 95.9 cm³/mol. The second-order valence-electron chi connectivity index (χ2n) is 7.64. The van der Waals surface area contributed by atoms with Gasteiger partial charge in [-0.2, -0.15) is 0 Å². The molecule has 0 unspecified atom stereocenters. The Morgan fingerprint density at radius 1 is 1.15 bits per heavy atom. The van der Waals surface area contributed by atoms with Crippen LogP contribution >= 0.6 is 0 Å². The van der Waals surface area contributed by atoms with Crippen LogP contribution in [-0.4, -0.2) is 59.7 Å². The lowest BCUT2D eigenvalue weighted by atomic mass is 10.1. The van der Waals surface area contributed by atoms with E-state index in [0.717, 1.165) is 0 Å². The highest BCUT2D eigenvalue weighted by molar-refractivity contribution is 5.95. The number of carbonyl (C=O) groups excluding carboxylic acids is 2. The predicted octanol–water partition coefficient (Wildman–Crippen LogP) is 3.30. The van der Waals surface area contributed by atoms with Gasteiger partial charge in [-0.15, -0.1) is 0 Å². The molecule has 7 heteroatoms. The Labute approximate surface area is 153 Å². The second-order valence-corrected chi connectivity index (χ2v) is 7.64. The van der Waals surface area contributed by atoms with Gasteiger partial charge in [0.2, 0.25) is 0 Å². The molecule has 1 aliphatic rings. The van der Waals surface area contributed by atoms with Gasteiger partial charge in [0.15, 0.2) is 0 Å². The maximum Gasteiger partial charge on any atom is 0.410 e. The summed E-state index contributed by atoms with van der Waals surface area (Å²) in [5.74, 6) is -0.660. The summed E-state index contributed by atoms with van der Waals surface area (Å²) in [7, 11) is 1.44. The molecule has 0 aromatic heterocycles. The van der Waals surface area contributed by atoms with Crippen LogP contribution in [0.2, 0.25) is 0 Å². The quantitative estimate of drug-likeness (QED) is 0.806. The molecule has 0 aliphatic carbocycles. The number of ether oxygens (including phenoxy) is 2. The topological polar surface area (TPSA) is 59.1 Å². The minimum absolute atomic E-state index is 0.00443. The molecule has 26 heavy (non-hydrogen) atoms. The van der Waals surface area contributed by atoms with E-state index in [1.807, 2.05) is 34.6 Å². The number of hydrogen-bond donors (Lipinski definition) is 0. The SMILES string of the molecule is COc1ccc(C(=O)N2[C@H](C)CN(C(=O)OC(C)(C)C)C[C@H]2C)c(F)c1. The lowest BCUT2D eigenvalue weighted by Gasteiger charge is -2.44. The summed E-state index contributed by atoms with van der Waals surface area (Å²) in [6.45, 7) is 9.78. The van der Waals surface area contributed by atoms with Crippen LogP contribution in [-0.2, 0) is 4.74 Å². The van der Waals surface area contributed by atoms with Crippen molar-refractivity contribution < 1.29 is 23.5 Å². The first kappa shape index (κ1) is 20.0. The van der Waals surface area contributed by atoms with Crippen LogP contribution in [0.25, 0.3) is 0 Å². The summed E-state index contributed by atoms with van der Waals surface area (Å²) in [5.41, 5.74) is -0.585. The largest absolute Gasteiger partial charge is 0.497 e. The summed E-state index contributed by atoms with van der Waals surface area (Å²) in [4.78, 5) is 28.4. The van der Waals surface area contributed by atoms with Crippen LogP contribution in [0.15, 0.2) is 18.2 Å². The zero-order valence-corrected chi connectivity index (χ0v) is 16.2. The average molecular weight is 366 g/mol. The van der Waals surface area contributed by atoms with Gasteiger partial charge in [0, 0.05) is 31.2 Å². The monoisotopic (exact) mass is 366 g/mol. The van der Waals surface area contributed by atoms with Crippen LogP contribution in [0.3, 0.4) is 0 Å². The van der Waals surface area contributed by atoms with Crippen LogP contribution in [0.5, 0.6) is 5.75 Å². The zero-order valence-electron chi connectivity index (χ0n) is 16.2. The highest BCUT2D eigenvalue weighted by Gasteiger charge is 2.37. The van der Waals surface area contributed by atoms with Crippen LogP contribution in [0.4, 0.5) is 9.18 Å². The number of methoxy groups -OCH3 is 1. The fraction of sp³-hybridized carbons (Fsp3) is 0.579. The highest BCUT2D eigenvalue weighted by Crippen LogP contribution is 2.24. The minimum Gasteiger partial charge on any atom is -0.497 e. The Morgan fingerprint density at radius 3 is 2.19 bits per heavy atom. The van der Waals surface area contributed by atoms with Crippen LogP contribution < -0.4 is 4.74 Å². The smallest absolute Gasteiger partial charge is 0.410 e. The van der Waals surface area contributed by atoms with Gasteiger partial charge in [-0.05, 0) is 46.8 Å². The van der Waals surface area contributed by atoms with E-state index in [2.05, 4.69) is 0 Å². The van der Waals surface area contributed by atoms with Crippen molar-refractivity contribution >= 4 is 12.0 Å². The summed E-state index contributed by atoms with van der Waals surface area (Å²) in [5, 5.41) is 0. The minimum atomic E-state index is -0.622. The molecule has 144 valence electrons. The Kier molecular flexibility index (Phi) is 5.78. The molecule has 1 aliphatic heterocycles. The lowest BCUT2D eigenvalue weighted by molar-refractivity contribution is -0.00501. The van der Waals surface area contributed by atoms with Crippen molar-refractivity contribution in [3.63, 3.8) is 0 Å². The van der Waals surface area contributed by atoms with Gasteiger partial charge in [-0.25, -0.2) is 9.18 Å². The summed E-state index contributed by atoms with van der Waals surface area (Å²) in [6.07, 6.45) is -0.404. The molecule has 6 nitrogen and oxygen atoms in total. The van der Waals surface area contributed by atoms with Crippen molar-refractivity contribution in [1.82, 2.24) is 9.80 Å². The molecule has 0 radical (unpaired) electrons. The maximum absolute atomic E-state index is 14.3. The second kappa shape index (κ2) is 7.51. The van der Waals surface area contributed by atoms with Gasteiger partial charge < -0.3 is 19.3 Å². The van der Waals surface area contributed by atoms with E-state index in [0.29, 0.717) is 18.8 Å². The van der Waals surface area contributed by atoms with Crippen molar-refractivity contribution in [3.05, 3.63) is 29.6 Å². The molecule has 0 spiro atoms. The van der Waals surface area contributed by atoms with E-state index in [9.17, 15) is 14.0 Å². The Balaban J connectivity index is 2.15. The number of rotatable bonds is 2. The van der Waals surface area contributed by atoms with E-state index in [1.165, 1.54) is 19.2 Å². The summed E-state index contributed by atoms with van der Waals surface area (Å²) in [6, 6.07) is 3.65. The molecule has 0 saturated carbocycles. The molecule has 0 N–H and O–H groups in total. The third kappa shape index (κ3) is 4.45. The van der Waals surface area contributed by atoms with Gasteiger partial charge in [0.05, 0.1) is 12.7 Å². The zero-order chi connectivity index (χ0) is 19.6. The fourth-order valence-electron chi connectivity index (χ4n) is 3.13. The van der Waals surface area contributed by atoms with Crippen molar-refractivity contribution in [2.24, 2.45) is 0 Å². The molecule has 2 amide bonds. The summed E-state index contributed by atoms with van der Waals surface area (Å²) < 4.78 is 24.7. The number of amides is 2. The number of halogens is 1. The molecular weight excluding hydrogens is 339 g/mol. The normalized spacial score (nSPS) is 20.7. The Morgan fingerprint density at radius 2 is 1.73 bits per heavy atom. The first-order valence-corrected chi connectivity index (χ1v) is 8.67. The van der Waals surface area contributed by atoms with Crippen LogP contribution in [0, 0.1) is 5.82 Å². The van der Waals surface area contributed by atoms with E-state index < -0.39 is 23.4 Å². The van der Waals surface area contributed by atoms with Crippen molar-refractivity contribution in [3.8, 4) is 5.75 Å². The number of nitrogens with zero attached hydrogens (tertiary/aromatic N) is 2. The average Bonchev–Trinajstić information content (AvgIpc) is 2.52. The fourth-order valence-corrected chi connectivity index (χ4v) is 3.13. The molecule has 1 fully saturated rings. The number of piperazine rings is 1. The maximum atomic E-state index is 14.3. The van der Waals surface area contributed by atoms with Gasteiger partial charge >= 0.3 is 6.09 Å². The molecule has 2 rings (SSSR count). The van der Waals surface area contributed by atoms with Gasteiger partial charge in [0.1, 0.15) is 17.2 Å². The van der Waals surface area contributed by atoms with E-state index in [4.69, 9.17) is 9.47 Å². The third-order valence-corrected chi connectivity index (χ3v) is 4.21. The van der Waals surface area contributed by atoms with Crippen molar-refractivity contribution in [1.29, 1.82) is 0 Å². The lowest BCUT2D eigenvalue weighted by Crippen LogP contribution is -2.60. The standard InChI is InChI=1S/C19H27FN2O4/c1-12-10-21(18(24)26-19(3,4)5)11-13(2)22(12)17(23)15-8-7-14(25-6)9-16(15)20/h7-9,12-13H,10-11H2,1-6H3/t12-,13-/m1/s1. The number of hydrogen-bond acceptors (Lipinski definition) is 4. The highest BCUT2D eigenvalue weighted by atomic mass is 19.1. The van der Waals surface area contributed by atoms with Gasteiger partial charge in [0.25, 0.3) is 5.91 Å². The first-order valence-electron chi connectivity index (χ1n) is 8.67. The van der Waals surface area contributed by atoms with E-state index >= 15 is 0 Å². The summed E-state index contributed by atoms with van der Waals surface area (Å²) >= 11 is 0. The first-order chi connectivity index (χ1) is 12.0. The van der Waals surface area contributed by atoms with E-state index in [1.54, 1.807) is 15.9 Å². The molecule has 1 heterocycles. The van der Waals surface area contributed by atoms with Crippen molar-refractivity contribution in [2.45, 2.75) is 52.3 Å². The molecule has 1 saturated heterocycles. The Hall–Kier alpha value is -2.31. The molecule has 2 atom stereocenters. The van der Waals surface area contributed by atoms with Crippen LogP contribution in [0.1, 0.15) is 45.0 Å². The molecule has 1 aromatic carbocycles. The van der Waals surface area contributed by atoms with E-state index in [-0.39, 0.29) is 17.6 Å². The van der Waals surface area contributed by atoms with Gasteiger partial charge in [-0.1, -0.05) is 0 Å². The number of carbonyl (C=O) groups is 2. The Bertz CT molecular complexity index is 675. The molecular formula is C19H27FN2O4. The van der Waals surface area contributed by atoms with Crippen molar-refractivity contribution in [2.75, 3.05) is 20.2 Å². The molecule has 1 aromatic rings. The number of benzene rings is 1. The third-order valence-electron chi connectivity index (χ3n) is 4.21.